The molecule has 1 amide bonds. The molecule has 9 nitrogen and oxygen atoms in total. The lowest BCUT2D eigenvalue weighted by atomic mass is 9.86. The van der Waals surface area contributed by atoms with Crippen LogP contribution in [0.3, 0.4) is 0 Å². The number of carbonyl (C=O) groups excluding carboxylic acids is 2. The van der Waals surface area contributed by atoms with Crippen molar-refractivity contribution >= 4 is 41.0 Å². The first kappa shape index (κ1) is 34.5. The molecule has 256 valence electrons. The monoisotopic (exact) mass is 703 g/mol. The minimum absolute atomic E-state index is 0.116. The van der Waals surface area contributed by atoms with Crippen molar-refractivity contribution in [2.75, 3.05) is 38.8 Å². The lowest BCUT2D eigenvalue weighted by Crippen LogP contribution is -2.53. The van der Waals surface area contributed by atoms with Crippen LogP contribution in [0.2, 0.25) is 10.0 Å². The Labute approximate surface area is 296 Å². The third kappa shape index (κ3) is 7.96. The molecule has 3 aliphatic rings. The van der Waals surface area contributed by atoms with Crippen molar-refractivity contribution in [2.24, 2.45) is 5.92 Å². The number of carbonyl (C=O) groups is 2. The van der Waals surface area contributed by atoms with Gasteiger partial charge in [-0.3, -0.25) is 14.8 Å². The molecule has 2 atom stereocenters. The topological polar surface area (TPSA) is 90.4 Å². The zero-order chi connectivity index (χ0) is 34.5. The molecule has 4 aromatic rings. The number of hydrogen-bond acceptors (Lipinski definition) is 8. The van der Waals surface area contributed by atoms with Crippen molar-refractivity contribution < 1.29 is 28.5 Å². The van der Waals surface area contributed by atoms with Crippen LogP contribution in [0.4, 0.5) is 10.5 Å². The van der Waals surface area contributed by atoms with Crippen molar-refractivity contribution in [3.63, 3.8) is 0 Å². The molecule has 3 aliphatic heterocycles. The zero-order valence-electron chi connectivity index (χ0n) is 27.7. The summed E-state index contributed by atoms with van der Waals surface area (Å²) in [6, 6.07) is 20.1. The average molecular weight is 705 g/mol. The number of benzene rings is 3. The van der Waals surface area contributed by atoms with Gasteiger partial charge >= 0.3 is 12.1 Å². The van der Waals surface area contributed by atoms with Crippen LogP contribution in [0.5, 0.6) is 11.5 Å². The molecule has 2 bridgehead atoms. The number of nitrogens with zero attached hydrogens (tertiary/aromatic N) is 3. The van der Waals surface area contributed by atoms with Crippen LogP contribution in [0.25, 0.3) is 0 Å². The van der Waals surface area contributed by atoms with E-state index in [0.717, 1.165) is 49.3 Å². The number of aryl methyl sites for hydroxylation is 1. The molecule has 0 spiro atoms. The SMILES string of the molecule is COc1ccc([C@H](Cc2c(Cl)cncc2Cl)OC(=O)c2ccc(CN(C(=O)O[C@H]3CN4CCC3CC4)c3ccccc3C)cc2)cc1OC. The van der Waals surface area contributed by atoms with Gasteiger partial charge in [-0.1, -0.05) is 59.6 Å². The molecule has 3 aromatic carbocycles. The fourth-order valence-corrected chi connectivity index (χ4v) is 7.10. The third-order valence-electron chi connectivity index (χ3n) is 9.38. The van der Waals surface area contributed by atoms with Crippen LogP contribution in [0, 0.1) is 12.8 Å². The summed E-state index contributed by atoms with van der Waals surface area (Å²) in [5, 5.41) is 0.729. The van der Waals surface area contributed by atoms with Crippen molar-refractivity contribution in [1.29, 1.82) is 0 Å². The number of fused-ring (bicyclic) bond motifs is 3. The van der Waals surface area contributed by atoms with Gasteiger partial charge in [-0.05, 0) is 91.4 Å². The quantitative estimate of drug-likeness (QED) is 0.145. The summed E-state index contributed by atoms with van der Waals surface area (Å²) in [6.45, 7) is 5.15. The highest BCUT2D eigenvalue weighted by molar-refractivity contribution is 6.35. The number of esters is 1. The number of halogens is 2. The second-order valence-electron chi connectivity index (χ2n) is 12.4. The maximum absolute atomic E-state index is 13.7. The van der Waals surface area contributed by atoms with Gasteiger partial charge in [0.1, 0.15) is 12.2 Å². The molecule has 3 saturated heterocycles. The van der Waals surface area contributed by atoms with E-state index in [9.17, 15) is 9.59 Å². The molecule has 7 rings (SSSR count). The van der Waals surface area contributed by atoms with Gasteiger partial charge in [-0.2, -0.15) is 0 Å². The molecule has 0 radical (unpaired) electrons. The summed E-state index contributed by atoms with van der Waals surface area (Å²) >= 11 is 12.9. The third-order valence-corrected chi connectivity index (χ3v) is 10.0. The van der Waals surface area contributed by atoms with Crippen LogP contribution < -0.4 is 14.4 Å². The summed E-state index contributed by atoms with van der Waals surface area (Å²) < 4.78 is 23.1. The minimum atomic E-state index is -0.762. The Kier molecular flexibility index (Phi) is 10.9. The van der Waals surface area contributed by atoms with Crippen LogP contribution in [-0.4, -0.2) is 61.9 Å². The van der Waals surface area contributed by atoms with Gasteiger partial charge in [-0.15, -0.1) is 0 Å². The number of piperidine rings is 3. The summed E-state index contributed by atoms with van der Waals surface area (Å²) in [6.07, 6.45) is 4.06. The standard InChI is InChI=1S/C38H39Cl2N3O6/c1-24-6-4-5-7-32(24)43(38(45)49-36-23-42-16-14-26(36)15-17-42)22-25-8-10-27(11-9-25)37(44)48-34(19-29-30(39)20-41-21-31(29)40)28-12-13-33(46-2)35(18-28)47-3/h4-13,18,20-21,26,34,36H,14-17,19,22-23H2,1-3H3/t34-,36-/m0/s1. The van der Waals surface area contributed by atoms with Gasteiger partial charge in [0.25, 0.3) is 0 Å². The number of hydrogen-bond donors (Lipinski definition) is 0. The number of para-hydroxylation sites is 1. The maximum Gasteiger partial charge on any atom is 0.414 e. The zero-order valence-corrected chi connectivity index (χ0v) is 29.2. The number of rotatable bonds is 11. The van der Waals surface area contributed by atoms with E-state index in [0.29, 0.717) is 44.2 Å². The highest BCUT2D eigenvalue weighted by Crippen LogP contribution is 2.36. The number of amides is 1. The van der Waals surface area contributed by atoms with Crippen LogP contribution in [0.1, 0.15) is 51.6 Å². The number of ether oxygens (including phenoxy) is 4. The van der Waals surface area contributed by atoms with E-state index in [1.165, 1.54) is 12.4 Å². The summed E-state index contributed by atoms with van der Waals surface area (Å²) in [7, 11) is 3.09. The predicted molar refractivity (Wildman–Crippen MR) is 189 cm³/mol. The van der Waals surface area contributed by atoms with E-state index >= 15 is 0 Å². The molecule has 0 unspecified atom stereocenters. The maximum atomic E-state index is 13.7. The summed E-state index contributed by atoms with van der Waals surface area (Å²) in [4.78, 5) is 35.4. The molecule has 49 heavy (non-hydrogen) atoms. The van der Waals surface area contributed by atoms with E-state index in [1.54, 1.807) is 49.5 Å². The average Bonchev–Trinajstić information content (AvgIpc) is 3.12. The molecular formula is C38H39Cl2N3O6. The lowest BCUT2D eigenvalue weighted by molar-refractivity contribution is -0.0311. The van der Waals surface area contributed by atoms with Gasteiger partial charge in [0.2, 0.25) is 0 Å². The van der Waals surface area contributed by atoms with Crippen molar-refractivity contribution in [3.8, 4) is 11.5 Å². The molecule has 3 fully saturated rings. The van der Waals surface area contributed by atoms with Crippen LogP contribution in [0.15, 0.2) is 79.1 Å². The second kappa shape index (κ2) is 15.5. The molecule has 0 N–H and O–H groups in total. The Morgan fingerprint density at radius 3 is 2.27 bits per heavy atom. The van der Waals surface area contributed by atoms with E-state index in [-0.39, 0.29) is 25.2 Å². The van der Waals surface area contributed by atoms with Gasteiger partial charge in [-0.25, -0.2) is 9.59 Å². The van der Waals surface area contributed by atoms with Gasteiger partial charge in [0.05, 0.1) is 42.1 Å². The molecule has 0 saturated carbocycles. The highest BCUT2D eigenvalue weighted by atomic mass is 35.5. The predicted octanol–water partition coefficient (Wildman–Crippen LogP) is 8.09. The number of anilines is 1. The largest absolute Gasteiger partial charge is 0.493 e. The molecular weight excluding hydrogens is 665 g/mol. The fraction of sp³-hybridized carbons (Fsp3) is 0.342. The van der Waals surface area contributed by atoms with E-state index < -0.39 is 12.1 Å². The number of methoxy groups -OCH3 is 2. The van der Waals surface area contributed by atoms with Gasteiger partial charge in [0, 0.05) is 25.4 Å². The molecule has 1 aromatic heterocycles. The van der Waals surface area contributed by atoms with Crippen LogP contribution in [-0.2, 0) is 22.4 Å². The molecule has 0 aliphatic carbocycles. The summed E-state index contributed by atoms with van der Waals surface area (Å²) in [5.74, 6) is 0.887. The van der Waals surface area contributed by atoms with E-state index in [2.05, 4.69) is 9.88 Å². The Morgan fingerprint density at radius 2 is 1.63 bits per heavy atom. The fourth-order valence-electron chi connectivity index (χ4n) is 6.58. The number of aromatic nitrogens is 1. The van der Waals surface area contributed by atoms with Crippen molar-refractivity contribution in [2.45, 2.75) is 44.9 Å². The van der Waals surface area contributed by atoms with Crippen LogP contribution >= 0.6 is 23.2 Å². The second-order valence-corrected chi connectivity index (χ2v) is 13.2. The van der Waals surface area contributed by atoms with Crippen molar-refractivity contribution in [3.05, 3.63) is 117 Å². The summed E-state index contributed by atoms with van der Waals surface area (Å²) in [5.41, 5.74) is 4.19. The van der Waals surface area contributed by atoms with E-state index in [4.69, 9.17) is 42.1 Å². The minimum Gasteiger partial charge on any atom is -0.493 e. The van der Waals surface area contributed by atoms with Gasteiger partial charge in [0.15, 0.2) is 11.5 Å². The first-order valence-electron chi connectivity index (χ1n) is 16.3. The molecule has 11 heteroatoms. The normalized spacial score (nSPS) is 18.8. The Morgan fingerprint density at radius 1 is 0.939 bits per heavy atom. The number of pyridine rings is 1. The Hall–Kier alpha value is -4.31. The van der Waals surface area contributed by atoms with Gasteiger partial charge < -0.3 is 18.9 Å². The first-order valence-corrected chi connectivity index (χ1v) is 17.1. The Bertz CT molecular complexity index is 1770. The lowest BCUT2D eigenvalue weighted by Gasteiger charge is -2.44. The first-order chi connectivity index (χ1) is 23.7. The van der Waals surface area contributed by atoms with E-state index in [1.807, 2.05) is 43.3 Å². The smallest absolute Gasteiger partial charge is 0.414 e. The highest BCUT2D eigenvalue weighted by Gasteiger charge is 2.37. The molecule has 4 heterocycles. The Balaban J connectivity index is 1.21. The van der Waals surface area contributed by atoms with Crippen molar-refractivity contribution in [1.82, 2.24) is 9.88 Å².